The third kappa shape index (κ3) is 2.27. The van der Waals surface area contributed by atoms with Crippen LogP contribution in [-0.4, -0.2) is 18.0 Å². The first-order valence-electron chi connectivity index (χ1n) is 6.63. The molecule has 0 spiro atoms. The van der Waals surface area contributed by atoms with Gasteiger partial charge in [0.1, 0.15) is 11.4 Å². The average Bonchev–Trinajstić information content (AvgIpc) is 2.98. The third-order valence-corrected chi connectivity index (χ3v) is 3.52. The number of ether oxygens (including phenoxy) is 1. The summed E-state index contributed by atoms with van der Waals surface area (Å²) in [4.78, 5) is 14.4. The number of aromatic amines is 1. The van der Waals surface area contributed by atoms with Gasteiger partial charge in [0.25, 0.3) is 5.91 Å². The van der Waals surface area contributed by atoms with E-state index in [4.69, 9.17) is 10.5 Å². The van der Waals surface area contributed by atoms with Crippen LogP contribution in [0, 0.1) is 11.3 Å². The Morgan fingerprint density at radius 2 is 1.95 bits per heavy atom. The molecule has 0 saturated heterocycles. The van der Waals surface area contributed by atoms with Crippen molar-refractivity contribution in [1.29, 1.82) is 5.26 Å². The molecule has 3 N–H and O–H groups in total. The van der Waals surface area contributed by atoms with Crippen LogP contribution in [0.2, 0.25) is 0 Å². The highest BCUT2D eigenvalue weighted by molar-refractivity contribution is 6.02. The number of nitrogens with zero attached hydrogens (tertiary/aromatic N) is 1. The van der Waals surface area contributed by atoms with Crippen LogP contribution in [0.1, 0.15) is 16.1 Å². The van der Waals surface area contributed by atoms with Crippen LogP contribution in [-0.2, 0) is 0 Å². The lowest BCUT2D eigenvalue weighted by molar-refractivity contribution is 0.0996. The Morgan fingerprint density at radius 1 is 1.23 bits per heavy atom. The number of H-pyrrole nitrogens is 1. The number of carbonyl (C=O) groups is 1. The van der Waals surface area contributed by atoms with Gasteiger partial charge in [-0.1, -0.05) is 12.1 Å². The number of methoxy groups -OCH3 is 1. The maximum Gasteiger partial charge on any atom is 0.265 e. The minimum atomic E-state index is -0.532. The van der Waals surface area contributed by atoms with E-state index in [2.05, 4.69) is 11.1 Å². The molecule has 5 nitrogen and oxygen atoms in total. The monoisotopic (exact) mass is 291 g/mol. The summed E-state index contributed by atoms with van der Waals surface area (Å²) in [5.41, 5.74) is 8.69. The van der Waals surface area contributed by atoms with E-state index in [1.165, 1.54) is 0 Å². The fourth-order valence-corrected chi connectivity index (χ4v) is 2.44. The van der Waals surface area contributed by atoms with Gasteiger partial charge in [-0.05, 0) is 35.9 Å². The van der Waals surface area contributed by atoms with Crippen molar-refractivity contribution in [3.63, 3.8) is 0 Å². The Labute approximate surface area is 126 Å². The van der Waals surface area contributed by atoms with Gasteiger partial charge in [-0.2, -0.15) is 5.26 Å². The number of aromatic nitrogens is 1. The highest BCUT2D eigenvalue weighted by atomic mass is 16.5. The molecule has 0 aliphatic heterocycles. The Hall–Kier alpha value is -3.26. The largest absolute Gasteiger partial charge is 0.497 e. The van der Waals surface area contributed by atoms with Crippen molar-refractivity contribution in [2.75, 3.05) is 7.11 Å². The van der Waals surface area contributed by atoms with Crippen molar-refractivity contribution in [3.8, 4) is 22.9 Å². The molecule has 22 heavy (non-hydrogen) atoms. The standard InChI is InChI=1S/C17H13N3O2/c1-22-13-4-2-11(3-5-13)14-7-10(9-18)6-12-8-15(17(19)21)20-16(12)14/h2-8,20H,1H3,(H2,19,21). The maximum absolute atomic E-state index is 11.4. The number of rotatable bonds is 3. The highest BCUT2D eigenvalue weighted by Crippen LogP contribution is 2.31. The first-order chi connectivity index (χ1) is 10.6. The molecule has 2 aromatic carbocycles. The maximum atomic E-state index is 11.4. The zero-order valence-electron chi connectivity index (χ0n) is 11.9. The van der Waals surface area contributed by atoms with E-state index in [-0.39, 0.29) is 0 Å². The van der Waals surface area contributed by atoms with Crippen LogP contribution < -0.4 is 10.5 Å². The molecule has 0 radical (unpaired) electrons. The molecule has 0 saturated carbocycles. The van der Waals surface area contributed by atoms with Crippen LogP contribution in [0.5, 0.6) is 5.75 Å². The van der Waals surface area contributed by atoms with Gasteiger partial charge < -0.3 is 15.5 Å². The highest BCUT2D eigenvalue weighted by Gasteiger charge is 2.12. The Bertz CT molecular complexity index is 902. The molecule has 3 aromatic rings. The minimum absolute atomic E-state index is 0.319. The van der Waals surface area contributed by atoms with Crippen molar-refractivity contribution in [3.05, 3.63) is 53.7 Å². The summed E-state index contributed by atoms with van der Waals surface area (Å²) in [5.74, 6) is 0.219. The molecule has 1 heterocycles. The predicted octanol–water partition coefficient (Wildman–Crippen LogP) is 2.81. The van der Waals surface area contributed by atoms with Crippen molar-refractivity contribution < 1.29 is 9.53 Å². The summed E-state index contributed by atoms with van der Waals surface area (Å²) in [6, 6.07) is 14.8. The molecule has 0 atom stereocenters. The number of primary amides is 1. The Kier molecular flexibility index (Phi) is 3.28. The molecule has 0 aliphatic rings. The topological polar surface area (TPSA) is 91.9 Å². The van der Waals surface area contributed by atoms with E-state index < -0.39 is 5.91 Å². The molecule has 3 rings (SSSR count). The van der Waals surface area contributed by atoms with Gasteiger partial charge in [0.15, 0.2) is 0 Å². The third-order valence-electron chi connectivity index (χ3n) is 3.52. The Balaban J connectivity index is 2.25. The molecule has 1 amide bonds. The van der Waals surface area contributed by atoms with Gasteiger partial charge >= 0.3 is 0 Å². The molecule has 108 valence electrons. The quantitative estimate of drug-likeness (QED) is 0.777. The number of nitrogens with two attached hydrogens (primary N) is 1. The van der Waals surface area contributed by atoms with Gasteiger partial charge in [0, 0.05) is 10.9 Å². The van der Waals surface area contributed by atoms with Gasteiger partial charge in [0.05, 0.1) is 24.3 Å². The van der Waals surface area contributed by atoms with E-state index >= 15 is 0 Å². The van der Waals surface area contributed by atoms with Gasteiger partial charge in [-0.15, -0.1) is 0 Å². The first-order valence-corrected chi connectivity index (χ1v) is 6.63. The SMILES string of the molecule is COc1ccc(-c2cc(C#N)cc3cc(C(N)=O)[nH]c23)cc1. The number of fused-ring (bicyclic) bond motifs is 1. The van der Waals surface area contributed by atoms with Crippen LogP contribution in [0.3, 0.4) is 0 Å². The van der Waals surface area contributed by atoms with Crippen LogP contribution in [0.4, 0.5) is 0 Å². The van der Waals surface area contributed by atoms with Crippen molar-refractivity contribution in [1.82, 2.24) is 4.98 Å². The van der Waals surface area contributed by atoms with Gasteiger partial charge in [-0.25, -0.2) is 0 Å². The van der Waals surface area contributed by atoms with E-state index in [9.17, 15) is 10.1 Å². The van der Waals surface area contributed by atoms with Crippen molar-refractivity contribution >= 4 is 16.8 Å². The zero-order chi connectivity index (χ0) is 15.7. The fraction of sp³-hybridized carbons (Fsp3) is 0.0588. The lowest BCUT2D eigenvalue weighted by atomic mass is 10.0. The molecule has 1 aromatic heterocycles. The van der Waals surface area contributed by atoms with Crippen LogP contribution in [0.15, 0.2) is 42.5 Å². The lowest BCUT2D eigenvalue weighted by Gasteiger charge is -2.06. The van der Waals surface area contributed by atoms with Crippen molar-refractivity contribution in [2.45, 2.75) is 0 Å². The van der Waals surface area contributed by atoms with Crippen LogP contribution >= 0.6 is 0 Å². The van der Waals surface area contributed by atoms with E-state index in [0.29, 0.717) is 11.3 Å². The number of nitriles is 1. The summed E-state index contributed by atoms with van der Waals surface area (Å²) in [6.07, 6.45) is 0. The smallest absolute Gasteiger partial charge is 0.265 e. The van der Waals surface area contributed by atoms with Gasteiger partial charge in [0.2, 0.25) is 0 Å². The van der Waals surface area contributed by atoms with Crippen LogP contribution in [0.25, 0.3) is 22.0 Å². The number of amides is 1. The summed E-state index contributed by atoms with van der Waals surface area (Å²) in [5, 5.41) is 9.97. The second-order valence-corrected chi connectivity index (χ2v) is 4.88. The number of benzene rings is 2. The molecular formula is C17H13N3O2. The predicted molar refractivity (Wildman–Crippen MR) is 83.5 cm³/mol. The molecule has 5 heteroatoms. The Morgan fingerprint density at radius 3 is 2.55 bits per heavy atom. The molecule has 0 fully saturated rings. The fourth-order valence-electron chi connectivity index (χ4n) is 2.44. The summed E-state index contributed by atoms with van der Waals surface area (Å²) < 4.78 is 5.15. The van der Waals surface area contributed by atoms with E-state index in [0.717, 1.165) is 27.8 Å². The second-order valence-electron chi connectivity index (χ2n) is 4.88. The van der Waals surface area contributed by atoms with Crippen molar-refractivity contribution in [2.24, 2.45) is 5.73 Å². The number of nitrogens with one attached hydrogen (secondary N) is 1. The summed E-state index contributed by atoms with van der Waals surface area (Å²) >= 11 is 0. The minimum Gasteiger partial charge on any atom is -0.497 e. The average molecular weight is 291 g/mol. The molecule has 0 bridgehead atoms. The lowest BCUT2D eigenvalue weighted by Crippen LogP contribution is -2.10. The summed E-state index contributed by atoms with van der Waals surface area (Å²) in [6.45, 7) is 0. The second kappa shape index (κ2) is 5.26. The van der Waals surface area contributed by atoms with Gasteiger partial charge in [-0.3, -0.25) is 4.79 Å². The first kappa shape index (κ1) is 13.7. The number of hydrogen-bond donors (Lipinski definition) is 2. The van der Waals surface area contributed by atoms with E-state index in [1.54, 1.807) is 25.3 Å². The number of carbonyl (C=O) groups excluding carboxylic acids is 1. The summed E-state index contributed by atoms with van der Waals surface area (Å²) in [7, 11) is 1.60. The zero-order valence-corrected chi connectivity index (χ0v) is 11.9. The number of hydrogen-bond acceptors (Lipinski definition) is 3. The molecular weight excluding hydrogens is 278 g/mol. The molecule has 0 unspecified atom stereocenters. The normalized spacial score (nSPS) is 10.4. The molecule has 0 aliphatic carbocycles. The van der Waals surface area contributed by atoms with E-state index in [1.807, 2.05) is 24.3 Å².